The van der Waals surface area contributed by atoms with E-state index in [1.807, 2.05) is 23.1 Å². The van der Waals surface area contributed by atoms with Crippen LogP contribution in [0.3, 0.4) is 0 Å². The van der Waals surface area contributed by atoms with Gasteiger partial charge in [-0.25, -0.2) is 18.4 Å². The molecule has 0 aromatic heterocycles. The van der Waals surface area contributed by atoms with Crippen LogP contribution >= 0.6 is 0 Å². The summed E-state index contributed by atoms with van der Waals surface area (Å²) in [5.74, 6) is -0.0953. The van der Waals surface area contributed by atoms with E-state index in [4.69, 9.17) is 9.47 Å². The van der Waals surface area contributed by atoms with Crippen molar-refractivity contribution in [1.29, 1.82) is 5.26 Å². The number of halogens is 2. The second-order valence-corrected chi connectivity index (χ2v) is 13.9. The highest BCUT2D eigenvalue weighted by Crippen LogP contribution is 2.49. The first kappa shape index (κ1) is 33.9. The number of anilines is 1. The predicted molar refractivity (Wildman–Crippen MR) is 176 cm³/mol. The normalized spacial score (nSPS) is 23.8. The van der Waals surface area contributed by atoms with Crippen molar-refractivity contribution in [1.82, 2.24) is 20.4 Å². The molecule has 2 N–H and O–H groups in total. The summed E-state index contributed by atoms with van der Waals surface area (Å²) in [4.78, 5) is 32.2. The predicted octanol–water partition coefficient (Wildman–Crippen LogP) is 4.78. The lowest BCUT2D eigenvalue weighted by molar-refractivity contribution is 0.0412. The quantitative estimate of drug-likeness (QED) is 0.374. The van der Waals surface area contributed by atoms with Crippen LogP contribution in [0.15, 0.2) is 42.5 Å². The van der Waals surface area contributed by atoms with Gasteiger partial charge in [0.05, 0.1) is 31.4 Å². The Bertz CT molecular complexity index is 1500. The fraction of sp³-hybridized carbons (Fsp3) is 0.583. The van der Waals surface area contributed by atoms with Crippen molar-refractivity contribution in [3.05, 3.63) is 65.0 Å². The molecule has 3 aliphatic heterocycles. The molecule has 12 heteroatoms. The lowest BCUT2D eigenvalue weighted by Crippen LogP contribution is -2.62. The first-order valence-corrected chi connectivity index (χ1v) is 17.1. The number of ether oxygens (including phenoxy) is 2. The highest BCUT2D eigenvalue weighted by molar-refractivity contribution is 5.69. The molecule has 2 aromatic rings. The van der Waals surface area contributed by atoms with Gasteiger partial charge in [-0.15, -0.1) is 0 Å². The number of likely N-dealkylation sites (tertiary alicyclic amines) is 2. The summed E-state index contributed by atoms with van der Waals surface area (Å²) in [5, 5.41) is 15.8. The molecule has 0 unspecified atom stereocenters. The molecule has 1 aliphatic carbocycles. The molecule has 48 heavy (non-hydrogen) atoms. The third kappa shape index (κ3) is 7.08. The maximum absolute atomic E-state index is 14.8. The van der Waals surface area contributed by atoms with Crippen molar-refractivity contribution < 1.29 is 27.8 Å². The largest absolute Gasteiger partial charge is 0.453 e. The fourth-order valence-electron chi connectivity index (χ4n) is 8.60. The van der Waals surface area contributed by atoms with Crippen LogP contribution in [0, 0.1) is 34.9 Å². The van der Waals surface area contributed by atoms with Gasteiger partial charge in [-0.3, -0.25) is 4.90 Å². The summed E-state index contributed by atoms with van der Waals surface area (Å²) in [6.07, 6.45) is 2.03. The van der Waals surface area contributed by atoms with Gasteiger partial charge in [0, 0.05) is 62.8 Å². The first-order chi connectivity index (χ1) is 23.2. The van der Waals surface area contributed by atoms with E-state index in [1.54, 1.807) is 6.07 Å². The number of nitriles is 1. The average molecular weight is 665 g/mol. The SMILES string of the molecule is COC(=O)N[C@H]1CCC[C@@H]1[C@](NC(=O)OC)(c1cccc(F)c1)C1CCN(CC2CN(c3ccc(C#N)c(CN4CC(F)C4)c3)C2)CC1. The standard InChI is InChI=1S/C36H46F2N6O4/c1-47-34(45)40-33-8-4-7-32(33)36(41-35(46)48-2,28-5-3-6-29(37)16-28)27-11-13-42(14-12-27)18-24-19-44(20-24)31-10-9-25(17-39)26(15-31)21-43-22-30(38)23-43/h3,5-6,9-10,15-16,24,27,30,32-33H,4,7-8,11-14,18-23H2,1-2H3,(H,40,45)(H,41,46)/t32-,33-,36+/m0/s1. The van der Waals surface area contributed by atoms with Crippen molar-refractivity contribution in [2.24, 2.45) is 17.8 Å². The number of nitrogens with one attached hydrogen (secondary N) is 2. The number of amides is 2. The Labute approximate surface area is 281 Å². The second-order valence-electron chi connectivity index (χ2n) is 13.9. The van der Waals surface area contributed by atoms with Crippen molar-refractivity contribution in [2.45, 2.75) is 56.4 Å². The van der Waals surface area contributed by atoms with Gasteiger partial charge < -0.3 is 29.9 Å². The van der Waals surface area contributed by atoms with Gasteiger partial charge in [0.15, 0.2) is 0 Å². The van der Waals surface area contributed by atoms with Crippen LogP contribution in [0.2, 0.25) is 0 Å². The van der Waals surface area contributed by atoms with Crippen molar-refractivity contribution in [3.63, 3.8) is 0 Å². The number of alkyl halides is 1. The van der Waals surface area contributed by atoms with Gasteiger partial charge in [-0.05, 0) is 86.1 Å². The lowest BCUT2D eigenvalue weighted by atomic mass is 9.64. The van der Waals surface area contributed by atoms with Gasteiger partial charge in [0.25, 0.3) is 0 Å². The Balaban J connectivity index is 1.13. The van der Waals surface area contributed by atoms with E-state index < -0.39 is 23.9 Å². The third-order valence-corrected chi connectivity index (χ3v) is 11.0. The molecule has 3 atom stereocenters. The summed E-state index contributed by atoms with van der Waals surface area (Å²) in [7, 11) is 2.67. The van der Waals surface area contributed by atoms with E-state index in [2.05, 4.69) is 32.6 Å². The topological polar surface area (TPSA) is 110 Å². The maximum Gasteiger partial charge on any atom is 0.407 e. The Morgan fingerprint density at radius 2 is 1.73 bits per heavy atom. The smallest absolute Gasteiger partial charge is 0.407 e. The summed E-state index contributed by atoms with van der Waals surface area (Å²) >= 11 is 0. The van der Waals surface area contributed by atoms with E-state index >= 15 is 0 Å². The highest BCUT2D eigenvalue weighted by Gasteiger charge is 2.53. The number of methoxy groups -OCH3 is 2. The zero-order valence-electron chi connectivity index (χ0n) is 27.8. The summed E-state index contributed by atoms with van der Waals surface area (Å²) in [6, 6.07) is 14.4. The van der Waals surface area contributed by atoms with Crippen molar-refractivity contribution >= 4 is 17.9 Å². The fourth-order valence-corrected chi connectivity index (χ4v) is 8.60. The molecule has 4 aliphatic rings. The molecular weight excluding hydrogens is 618 g/mol. The van der Waals surface area contributed by atoms with Crippen LogP contribution < -0.4 is 15.5 Å². The van der Waals surface area contributed by atoms with E-state index in [1.165, 1.54) is 26.4 Å². The molecule has 1 saturated carbocycles. The van der Waals surface area contributed by atoms with Crippen molar-refractivity contribution in [3.8, 4) is 6.07 Å². The summed E-state index contributed by atoms with van der Waals surface area (Å²) in [6.45, 7) is 5.88. The monoisotopic (exact) mass is 664 g/mol. The Kier molecular flexibility index (Phi) is 10.4. The molecule has 6 rings (SSSR count). The number of benzene rings is 2. The number of hydrogen-bond acceptors (Lipinski definition) is 8. The molecule has 2 amide bonds. The van der Waals surface area contributed by atoms with Crippen LogP contribution in [0.25, 0.3) is 0 Å². The van der Waals surface area contributed by atoms with Gasteiger partial charge in [0.2, 0.25) is 0 Å². The molecule has 0 spiro atoms. The van der Waals surface area contributed by atoms with E-state index in [0.29, 0.717) is 36.7 Å². The molecule has 2 aromatic carbocycles. The minimum atomic E-state index is -0.953. The van der Waals surface area contributed by atoms with Crippen molar-refractivity contribution in [2.75, 3.05) is 64.9 Å². The average Bonchev–Trinajstić information content (AvgIpc) is 3.52. The molecule has 10 nitrogen and oxygen atoms in total. The lowest BCUT2D eigenvalue weighted by Gasteiger charge is -2.51. The van der Waals surface area contributed by atoms with Crippen LogP contribution in [-0.2, 0) is 21.6 Å². The molecule has 3 heterocycles. The van der Waals surface area contributed by atoms with Gasteiger partial charge in [0.1, 0.15) is 12.0 Å². The summed E-state index contributed by atoms with van der Waals surface area (Å²) < 4.78 is 38.2. The van der Waals surface area contributed by atoms with Crippen LogP contribution in [0.5, 0.6) is 0 Å². The number of piperidine rings is 1. The molecular formula is C36H46F2N6O4. The molecule has 0 bridgehead atoms. The molecule has 258 valence electrons. The van der Waals surface area contributed by atoms with Gasteiger partial charge >= 0.3 is 12.2 Å². The Hall–Kier alpha value is -3.95. The second kappa shape index (κ2) is 14.7. The first-order valence-electron chi connectivity index (χ1n) is 17.1. The van der Waals surface area contributed by atoms with E-state index in [0.717, 1.165) is 76.1 Å². The number of carbonyl (C=O) groups excluding carboxylic acids is 2. The Morgan fingerprint density at radius 1 is 0.979 bits per heavy atom. The number of alkyl carbamates (subject to hydrolysis) is 2. The highest BCUT2D eigenvalue weighted by atomic mass is 19.1. The van der Waals surface area contributed by atoms with Crippen LogP contribution in [-0.4, -0.2) is 94.2 Å². The van der Waals surface area contributed by atoms with Crippen LogP contribution in [0.4, 0.5) is 24.1 Å². The molecule has 3 saturated heterocycles. The van der Waals surface area contributed by atoms with Gasteiger partial charge in [-0.1, -0.05) is 18.6 Å². The minimum Gasteiger partial charge on any atom is -0.453 e. The van der Waals surface area contributed by atoms with E-state index in [-0.39, 0.29) is 23.7 Å². The third-order valence-electron chi connectivity index (χ3n) is 11.0. The number of hydrogen-bond donors (Lipinski definition) is 2. The number of nitrogens with zero attached hydrogens (tertiary/aromatic N) is 4. The minimum absolute atomic E-state index is 0.0197. The summed E-state index contributed by atoms with van der Waals surface area (Å²) in [5.41, 5.74) is 2.41. The number of rotatable bonds is 10. The zero-order valence-corrected chi connectivity index (χ0v) is 27.8. The zero-order chi connectivity index (χ0) is 33.8. The van der Waals surface area contributed by atoms with E-state index in [9.17, 15) is 23.6 Å². The van der Waals surface area contributed by atoms with Crippen LogP contribution in [0.1, 0.15) is 48.8 Å². The Morgan fingerprint density at radius 3 is 2.40 bits per heavy atom. The maximum atomic E-state index is 14.8. The molecule has 4 fully saturated rings. The van der Waals surface area contributed by atoms with Gasteiger partial charge in [-0.2, -0.15) is 5.26 Å². The molecule has 0 radical (unpaired) electrons. The number of carbonyl (C=O) groups is 2.